The number of hydrogen-bond donors (Lipinski definition) is 2. The predicted octanol–water partition coefficient (Wildman–Crippen LogP) is 2.32. The predicted molar refractivity (Wildman–Crippen MR) is 73.2 cm³/mol. The highest BCUT2D eigenvalue weighted by Gasteiger charge is 2.27. The number of likely N-dealkylation sites (tertiary alicyclic amines) is 1. The molecule has 1 aliphatic heterocycles. The van der Waals surface area contributed by atoms with Crippen molar-refractivity contribution < 1.29 is 14.7 Å². The molecule has 5 nitrogen and oxygen atoms in total. The van der Waals surface area contributed by atoms with E-state index >= 15 is 0 Å². The topological polar surface area (TPSA) is 69.6 Å². The number of thiophene rings is 1. The van der Waals surface area contributed by atoms with Gasteiger partial charge >= 0.3 is 12.0 Å². The van der Waals surface area contributed by atoms with Crippen LogP contribution in [0.3, 0.4) is 0 Å². The van der Waals surface area contributed by atoms with Crippen LogP contribution in [0.5, 0.6) is 0 Å². The summed E-state index contributed by atoms with van der Waals surface area (Å²) in [7, 11) is 0. The van der Waals surface area contributed by atoms with Crippen LogP contribution in [0, 0.1) is 5.92 Å². The highest BCUT2D eigenvalue weighted by atomic mass is 32.1. The molecule has 0 bridgehead atoms. The van der Waals surface area contributed by atoms with Gasteiger partial charge in [0.05, 0.1) is 12.0 Å². The number of amides is 2. The third kappa shape index (κ3) is 3.47. The lowest BCUT2D eigenvalue weighted by molar-refractivity contribution is -0.143. The van der Waals surface area contributed by atoms with Gasteiger partial charge in [0.2, 0.25) is 0 Å². The Morgan fingerprint density at radius 2 is 2.16 bits per heavy atom. The van der Waals surface area contributed by atoms with E-state index in [2.05, 4.69) is 5.32 Å². The molecule has 6 heteroatoms. The number of carboxylic acids is 1. The molecule has 1 saturated heterocycles. The molecule has 0 aromatic carbocycles. The van der Waals surface area contributed by atoms with Crippen molar-refractivity contribution in [3.05, 3.63) is 22.4 Å². The van der Waals surface area contributed by atoms with E-state index in [1.54, 1.807) is 16.2 Å². The second-order valence-corrected chi connectivity index (χ2v) is 5.77. The van der Waals surface area contributed by atoms with Crippen LogP contribution in [0.15, 0.2) is 17.5 Å². The summed E-state index contributed by atoms with van der Waals surface area (Å²) in [6.45, 7) is 2.98. The molecule has 1 fully saturated rings. The van der Waals surface area contributed by atoms with Crippen molar-refractivity contribution in [1.82, 2.24) is 10.2 Å². The Bertz CT molecular complexity index is 439. The Hall–Kier alpha value is -1.56. The third-order valence-electron chi connectivity index (χ3n) is 3.44. The molecule has 2 rings (SSSR count). The molecular formula is C13H18N2O3S. The van der Waals surface area contributed by atoms with Crippen LogP contribution >= 0.6 is 11.3 Å². The number of rotatable bonds is 3. The molecule has 2 amide bonds. The van der Waals surface area contributed by atoms with Crippen molar-refractivity contribution in [3.63, 3.8) is 0 Å². The lowest BCUT2D eigenvalue weighted by Gasteiger charge is -2.31. The van der Waals surface area contributed by atoms with Gasteiger partial charge < -0.3 is 15.3 Å². The maximum absolute atomic E-state index is 12.1. The highest BCUT2D eigenvalue weighted by molar-refractivity contribution is 7.10. The SMILES string of the molecule is CC(NC(=O)N1CCC(C(=O)O)CC1)c1cccs1. The van der Waals surface area contributed by atoms with E-state index in [1.165, 1.54) is 0 Å². The van der Waals surface area contributed by atoms with Gasteiger partial charge in [-0.1, -0.05) is 6.07 Å². The number of hydrogen-bond acceptors (Lipinski definition) is 3. The number of carbonyl (C=O) groups is 2. The van der Waals surface area contributed by atoms with E-state index in [1.807, 2.05) is 24.4 Å². The molecule has 104 valence electrons. The summed E-state index contributed by atoms with van der Waals surface area (Å²) >= 11 is 1.61. The van der Waals surface area contributed by atoms with Gasteiger partial charge in [-0.15, -0.1) is 11.3 Å². The fraction of sp³-hybridized carbons (Fsp3) is 0.538. The first-order valence-electron chi connectivity index (χ1n) is 6.39. The zero-order chi connectivity index (χ0) is 13.8. The van der Waals surface area contributed by atoms with E-state index in [-0.39, 0.29) is 18.0 Å². The summed E-state index contributed by atoms with van der Waals surface area (Å²) in [4.78, 5) is 25.7. The first kappa shape index (κ1) is 13.9. The minimum atomic E-state index is -0.757. The minimum Gasteiger partial charge on any atom is -0.481 e. The molecular weight excluding hydrogens is 264 g/mol. The van der Waals surface area contributed by atoms with Gasteiger partial charge in [0.25, 0.3) is 0 Å². The summed E-state index contributed by atoms with van der Waals surface area (Å²) in [6, 6.07) is 3.84. The molecule has 0 radical (unpaired) electrons. The second kappa shape index (κ2) is 6.06. The Balaban J connectivity index is 1.83. The number of carboxylic acid groups (broad SMARTS) is 1. The zero-order valence-corrected chi connectivity index (χ0v) is 11.7. The standard InChI is InChI=1S/C13H18N2O3S/c1-9(11-3-2-8-19-11)14-13(18)15-6-4-10(5-7-15)12(16)17/h2-3,8-10H,4-7H2,1H3,(H,14,18)(H,16,17). The van der Waals surface area contributed by atoms with Crippen molar-refractivity contribution in [2.24, 2.45) is 5.92 Å². The van der Waals surface area contributed by atoms with Crippen LogP contribution in [-0.2, 0) is 4.79 Å². The van der Waals surface area contributed by atoms with Gasteiger partial charge in [-0.25, -0.2) is 4.79 Å². The summed E-state index contributed by atoms with van der Waals surface area (Å²) < 4.78 is 0. The van der Waals surface area contributed by atoms with Crippen LogP contribution in [0.2, 0.25) is 0 Å². The number of carbonyl (C=O) groups excluding carboxylic acids is 1. The second-order valence-electron chi connectivity index (χ2n) is 4.79. The quantitative estimate of drug-likeness (QED) is 0.894. The zero-order valence-electron chi connectivity index (χ0n) is 10.8. The monoisotopic (exact) mass is 282 g/mol. The van der Waals surface area contributed by atoms with Gasteiger partial charge in [0.1, 0.15) is 0 Å². The summed E-state index contributed by atoms with van der Waals surface area (Å²) in [5, 5.41) is 13.8. The lowest BCUT2D eigenvalue weighted by Crippen LogP contribution is -2.46. The van der Waals surface area contributed by atoms with Crippen LogP contribution in [0.1, 0.15) is 30.7 Å². The van der Waals surface area contributed by atoms with E-state index in [9.17, 15) is 9.59 Å². The van der Waals surface area contributed by atoms with Crippen molar-refractivity contribution in [1.29, 1.82) is 0 Å². The van der Waals surface area contributed by atoms with Crippen LogP contribution < -0.4 is 5.32 Å². The van der Waals surface area contributed by atoms with Gasteiger partial charge in [-0.2, -0.15) is 0 Å². The van der Waals surface area contributed by atoms with Gasteiger partial charge in [0, 0.05) is 18.0 Å². The fourth-order valence-electron chi connectivity index (χ4n) is 2.21. The summed E-state index contributed by atoms with van der Waals surface area (Å²) in [6.07, 6.45) is 1.08. The van der Waals surface area contributed by atoms with Gasteiger partial charge in [0.15, 0.2) is 0 Å². The Morgan fingerprint density at radius 3 is 2.68 bits per heavy atom. The molecule has 1 unspecified atom stereocenters. The number of nitrogens with zero attached hydrogens (tertiary/aromatic N) is 1. The van der Waals surface area contributed by atoms with Crippen LogP contribution in [0.4, 0.5) is 4.79 Å². The first-order chi connectivity index (χ1) is 9.08. The molecule has 1 aromatic rings. The maximum Gasteiger partial charge on any atom is 0.317 e. The number of aliphatic carboxylic acids is 1. The summed E-state index contributed by atoms with van der Waals surface area (Å²) in [5.74, 6) is -1.06. The average molecular weight is 282 g/mol. The molecule has 0 spiro atoms. The molecule has 1 aliphatic rings. The van der Waals surface area contributed by atoms with E-state index < -0.39 is 5.97 Å². The van der Waals surface area contributed by atoms with Crippen molar-refractivity contribution >= 4 is 23.3 Å². The third-order valence-corrected chi connectivity index (χ3v) is 4.50. The Labute approximate surface area is 116 Å². The largest absolute Gasteiger partial charge is 0.481 e. The normalized spacial score (nSPS) is 18.1. The molecule has 1 aromatic heterocycles. The first-order valence-corrected chi connectivity index (χ1v) is 7.27. The number of nitrogens with one attached hydrogen (secondary N) is 1. The highest BCUT2D eigenvalue weighted by Crippen LogP contribution is 2.20. The van der Waals surface area contributed by atoms with Crippen LogP contribution in [-0.4, -0.2) is 35.1 Å². The van der Waals surface area contributed by atoms with Crippen molar-refractivity contribution in [2.45, 2.75) is 25.8 Å². The molecule has 0 aliphatic carbocycles. The molecule has 0 saturated carbocycles. The van der Waals surface area contributed by atoms with E-state index in [0.29, 0.717) is 25.9 Å². The number of urea groups is 1. The Morgan fingerprint density at radius 1 is 1.47 bits per heavy atom. The Kier molecular flexibility index (Phi) is 4.42. The van der Waals surface area contributed by atoms with E-state index in [4.69, 9.17) is 5.11 Å². The molecule has 2 heterocycles. The smallest absolute Gasteiger partial charge is 0.317 e. The minimum absolute atomic E-state index is 0.00954. The van der Waals surface area contributed by atoms with Crippen molar-refractivity contribution in [3.8, 4) is 0 Å². The number of piperidine rings is 1. The molecule has 2 N–H and O–H groups in total. The average Bonchev–Trinajstić information content (AvgIpc) is 2.92. The van der Waals surface area contributed by atoms with E-state index in [0.717, 1.165) is 4.88 Å². The molecule has 19 heavy (non-hydrogen) atoms. The molecule has 1 atom stereocenters. The fourth-order valence-corrected chi connectivity index (χ4v) is 2.95. The van der Waals surface area contributed by atoms with Gasteiger partial charge in [-0.3, -0.25) is 4.79 Å². The lowest BCUT2D eigenvalue weighted by atomic mass is 9.97. The maximum atomic E-state index is 12.1. The van der Waals surface area contributed by atoms with Crippen LogP contribution in [0.25, 0.3) is 0 Å². The summed E-state index contributed by atoms with van der Waals surface area (Å²) in [5.41, 5.74) is 0. The van der Waals surface area contributed by atoms with Gasteiger partial charge in [-0.05, 0) is 31.2 Å². The van der Waals surface area contributed by atoms with Crippen molar-refractivity contribution in [2.75, 3.05) is 13.1 Å².